The van der Waals surface area contributed by atoms with Crippen LogP contribution in [0.5, 0.6) is 0 Å². The van der Waals surface area contributed by atoms with Crippen LogP contribution in [0.3, 0.4) is 0 Å². The van der Waals surface area contributed by atoms with Crippen LogP contribution in [-0.4, -0.2) is 16.7 Å². The Morgan fingerprint density at radius 1 is 1.21 bits per heavy atom. The highest BCUT2D eigenvalue weighted by Gasteiger charge is 2.24. The molecule has 0 spiro atoms. The van der Waals surface area contributed by atoms with E-state index in [1.807, 2.05) is 0 Å². The van der Waals surface area contributed by atoms with E-state index in [1.165, 1.54) is 0 Å². The van der Waals surface area contributed by atoms with Crippen LogP contribution in [0.2, 0.25) is 0 Å². The molecule has 4 nitrogen and oxygen atoms in total. The first-order valence-electron chi connectivity index (χ1n) is 5.87. The maximum absolute atomic E-state index is 13.6. The summed E-state index contributed by atoms with van der Waals surface area (Å²) >= 11 is 0. The van der Waals surface area contributed by atoms with Gasteiger partial charge in [-0.1, -0.05) is 5.16 Å². The van der Waals surface area contributed by atoms with Gasteiger partial charge in [-0.2, -0.15) is 4.98 Å². The van der Waals surface area contributed by atoms with Crippen LogP contribution in [0.15, 0.2) is 16.7 Å². The molecule has 1 aliphatic rings. The zero-order valence-electron chi connectivity index (χ0n) is 9.79. The van der Waals surface area contributed by atoms with E-state index in [1.54, 1.807) is 0 Å². The smallest absolute Gasteiger partial charge is 0.261 e. The Kier molecular flexibility index (Phi) is 2.98. The molecule has 0 saturated carbocycles. The molecule has 1 fully saturated rings. The van der Waals surface area contributed by atoms with Crippen LogP contribution in [0, 0.1) is 17.5 Å². The Morgan fingerprint density at radius 2 is 2.05 bits per heavy atom. The highest BCUT2D eigenvalue weighted by atomic mass is 19.2. The number of benzene rings is 1. The lowest BCUT2D eigenvalue weighted by Gasteiger charge is -2.02. The van der Waals surface area contributed by atoms with Crippen molar-refractivity contribution in [2.24, 2.45) is 0 Å². The molecule has 1 aromatic heterocycles. The summed E-state index contributed by atoms with van der Waals surface area (Å²) in [5.74, 6) is -3.87. The maximum atomic E-state index is 13.6. The molecule has 1 N–H and O–H groups in total. The number of nitrogens with zero attached hydrogens (tertiary/aromatic N) is 2. The summed E-state index contributed by atoms with van der Waals surface area (Å²) in [6.45, 7) is 0.855. The third kappa shape index (κ3) is 2.10. The van der Waals surface area contributed by atoms with E-state index >= 15 is 0 Å². The van der Waals surface area contributed by atoms with Crippen molar-refractivity contribution >= 4 is 0 Å². The van der Waals surface area contributed by atoms with Gasteiger partial charge in [-0.3, -0.25) is 0 Å². The van der Waals surface area contributed by atoms with Crippen molar-refractivity contribution in [3.8, 4) is 11.5 Å². The summed E-state index contributed by atoms with van der Waals surface area (Å²) in [5.41, 5.74) is -0.240. The van der Waals surface area contributed by atoms with Gasteiger partial charge >= 0.3 is 0 Å². The summed E-state index contributed by atoms with van der Waals surface area (Å²) in [5, 5.41) is 6.90. The molecule has 1 aliphatic heterocycles. The van der Waals surface area contributed by atoms with Gasteiger partial charge < -0.3 is 9.84 Å². The maximum Gasteiger partial charge on any atom is 0.261 e. The van der Waals surface area contributed by atoms with Gasteiger partial charge in [0.15, 0.2) is 23.3 Å². The van der Waals surface area contributed by atoms with Crippen molar-refractivity contribution in [1.82, 2.24) is 15.5 Å². The summed E-state index contributed by atoms with van der Waals surface area (Å²) in [6.07, 6.45) is 1.85. The molecule has 2 aromatic rings. The molecule has 3 rings (SSSR count). The summed E-state index contributed by atoms with van der Waals surface area (Å²) in [4.78, 5) is 4.02. The van der Waals surface area contributed by atoms with E-state index in [9.17, 15) is 13.2 Å². The van der Waals surface area contributed by atoms with E-state index in [0.29, 0.717) is 5.82 Å². The molecule has 0 bridgehead atoms. The second-order valence-corrected chi connectivity index (χ2v) is 4.33. The predicted octanol–water partition coefficient (Wildman–Crippen LogP) is 2.58. The van der Waals surface area contributed by atoms with Crippen LogP contribution in [0.25, 0.3) is 11.5 Å². The van der Waals surface area contributed by atoms with Crippen LogP contribution < -0.4 is 5.32 Å². The van der Waals surface area contributed by atoms with Crippen LogP contribution in [0.4, 0.5) is 13.2 Å². The molecule has 0 aliphatic carbocycles. The first kappa shape index (κ1) is 12.2. The first-order valence-corrected chi connectivity index (χ1v) is 5.87. The molecule has 1 saturated heterocycles. The predicted molar refractivity (Wildman–Crippen MR) is 59.6 cm³/mol. The van der Waals surface area contributed by atoms with E-state index in [-0.39, 0.29) is 17.5 Å². The third-order valence-electron chi connectivity index (χ3n) is 3.08. The van der Waals surface area contributed by atoms with Gasteiger partial charge in [0, 0.05) is 0 Å². The Hall–Kier alpha value is -1.89. The molecule has 1 atom stereocenters. The minimum absolute atomic E-state index is 0.0362. The normalized spacial score (nSPS) is 19.0. The molecule has 1 aromatic carbocycles. The fourth-order valence-corrected chi connectivity index (χ4v) is 2.08. The lowest BCUT2D eigenvalue weighted by molar-refractivity contribution is 0.405. The van der Waals surface area contributed by atoms with Crippen LogP contribution in [0.1, 0.15) is 24.7 Å². The molecular formula is C12H10F3N3O. The zero-order valence-corrected chi connectivity index (χ0v) is 9.79. The summed E-state index contributed by atoms with van der Waals surface area (Å²) in [7, 11) is 0. The third-order valence-corrected chi connectivity index (χ3v) is 3.08. The molecule has 2 heterocycles. The van der Waals surface area contributed by atoms with Crippen molar-refractivity contribution in [2.45, 2.75) is 18.9 Å². The number of hydrogen-bond acceptors (Lipinski definition) is 4. The Bertz CT molecular complexity index is 608. The molecule has 7 heteroatoms. The second kappa shape index (κ2) is 4.65. The number of halogens is 3. The van der Waals surface area contributed by atoms with Crippen molar-refractivity contribution in [3.05, 3.63) is 35.4 Å². The van der Waals surface area contributed by atoms with Crippen LogP contribution in [-0.2, 0) is 0 Å². The quantitative estimate of drug-likeness (QED) is 0.851. The topological polar surface area (TPSA) is 51.0 Å². The van der Waals surface area contributed by atoms with Crippen molar-refractivity contribution < 1.29 is 17.7 Å². The lowest BCUT2D eigenvalue weighted by atomic mass is 10.2. The van der Waals surface area contributed by atoms with Gasteiger partial charge in [-0.15, -0.1) is 0 Å². The summed E-state index contributed by atoms with van der Waals surface area (Å²) in [6, 6.07) is 1.87. The lowest BCUT2D eigenvalue weighted by Crippen LogP contribution is -2.14. The van der Waals surface area contributed by atoms with Gasteiger partial charge in [-0.25, -0.2) is 13.2 Å². The number of rotatable bonds is 2. The van der Waals surface area contributed by atoms with Gasteiger partial charge in [0.05, 0.1) is 11.6 Å². The largest absolute Gasteiger partial charge is 0.334 e. The Morgan fingerprint density at radius 3 is 2.79 bits per heavy atom. The fourth-order valence-electron chi connectivity index (χ4n) is 2.08. The van der Waals surface area contributed by atoms with Crippen molar-refractivity contribution in [1.29, 1.82) is 0 Å². The first-order chi connectivity index (χ1) is 9.16. The van der Waals surface area contributed by atoms with Gasteiger partial charge in [0.25, 0.3) is 5.89 Å². The molecule has 19 heavy (non-hydrogen) atoms. The van der Waals surface area contributed by atoms with E-state index in [0.717, 1.165) is 31.5 Å². The molecule has 0 radical (unpaired) electrons. The minimum atomic E-state index is -1.55. The SMILES string of the molecule is Fc1ccc(-c2nc(C3CCCN3)no2)c(F)c1F. The van der Waals surface area contributed by atoms with Crippen molar-refractivity contribution in [2.75, 3.05) is 6.54 Å². The van der Waals surface area contributed by atoms with Gasteiger partial charge in [-0.05, 0) is 31.5 Å². The van der Waals surface area contributed by atoms with E-state index in [2.05, 4.69) is 15.5 Å². The minimum Gasteiger partial charge on any atom is -0.334 e. The molecule has 1 unspecified atom stereocenters. The molecule has 0 amide bonds. The monoisotopic (exact) mass is 269 g/mol. The highest BCUT2D eigenvalue weighted by molar-refractivity contribution is 5.54. The highest BCUT2D eigenvalue weighted by Crippen LogP contribution is 2.27. The standard InChI is InChI=1S/C12H10F3N3O/c13-7-4-3-6(9(14)10(7)15)12-17-11(18-19-12)8-2-1-5-16-8/h3-4,8,16H,1-2,5H2. The molecular weight excluding hydrogens is 259 g/mol. The average molecular weight is 269 g/mol. The van der Waals surface area contributed by atoms with Gasteiger partial charge in [0.1, 0.15) is 0 Å². The zero-order chi connectivity index (χ0) is 13.4. The number of hydrogen-bond donors (Lipinski definition) is 1. The summed E-state index contributed by atoms with van der Waals surface area (Å²) < 4.78 is 44.5. The number of aromatic nitrogens is 2. The average Bonchev–Trinajstić information content (AvgIpc) is 3.06. The van der Waals surface area contributed by atoms with E-state index in [4.69, 9.17) is 4.52 Å². The van der Waals surface area contributed by atoms with Gasteiger partial charge in [0.2, 0.25) is 0 Å². The Labute approximate surface area is 106 Å². The second-order valence-electron chi connectivity index (χ2n) is 4.33. The van der Waals surface area contributed by atoms with Crippen LogP contribution >= 0.6 is 0 Å². The van der Waals surface area contributed by atoms with Crippen molar-refractivity contribution in [3.63, 3.8) is 0 Å². The number of nitrogens with one attached hydrogen (secondary N) is 1. The van der Waals surface area contributed by atoms with E-state index < -0.39 is 17.5 Å². The Balaban J connectivity index is 1.96. The molecule has 100 valence electrons. The fraction of sp³-hybridized carbons (Fsp3) is 0.333.